The number of rotatable bonds is 2. The van der Waals surface area contributed by atoms with Gasteiger partial charge in [-0.05, 0) is 58.3 Å². The third-order valence-electron chi connectivity index (χ3n) is 6.54. The Morgan fingerprint density at radius 3 is 1.08 bits per heavy atom. The molecule has 0 aromatic heterocycles. The second kappa shape index (κ2) is 10.8. The molecule has 0 fully saturated rings. The highest BCUT2D eigenvalue weighted by Gasteiger charge is 2.16. The van der Waals surface area contributed by atoms with Gasteiger partial charge in [0, 0.05) is 33.4 Å². The molecule has 0 aliphatic heterocycles. The molecule has 0 bridgehead atoms. The molecule has 0 radical (unpaired) electrons. The van der Waals surface area contributed by atoms with Crippen LogP contribution in [0.3, 0.4) is 0 Å². The summed E-state index contributed by atoms with van der Waals surface area (Å²) >= 11 is 0. The summed E-state index contributed by atoms with van der Waals surface area (Å²) in [6, 6.07) is 50.1. The highest BCUT2D eigenvalue weighted by molar-refractivity contribution is 6.10. The largest absolute Gasteiger partial charge is 0.0622 e. The quantitative estimate of drug-likeness (QED) is 0.217. The molecular formula is C38H24. The van der Waals surface area contributed by atoms with Gasteiger partial charge in [-0.25, -0.2) is 0 Å². The molecule has 0 nitrogen and oxygen atoms in total. The normalized spacial score (nSPS) is 10.2. The maximum Gasteiger partial charge on any atom is 0.0334 e. The summed E-state index contributed by atoms with van der Waals surface area (Å²) in [5.41, 5.74) is 8.54. The van der Waals surface area contributed by atoms with Crippen LogP contribution >= 0.6 is 0 Å². The first-order valence-corrected chi connectivity index (χ1v) is 12.7. The van der Waals surface area contributed by atoms with Gasteiger partial charge >= 0.3 is 0 Å². The second-order valence-corrected chi connectivity index (χ2v) is 9.04. The Morgan fingerprint density at radius 2 is 0.684 bits per heavy atom. The summed E-state index contributed by atoms with van der Waals surface area (Å²) in [7, 11) is 0. The number of hydrogen-bond donors (Lipinski definition) is 0. The van der Waals surface area contributed by atoms with E-state index in [1.807, 2.05) is 60.7 Å². The molecule has 0 unspecified atom stereocenters. The van der Waals surface area contributed by atoms with Crippen LogP contribution in [0.25, 0.3) is 33.0 Å². The first kappa shape index (κ1) is 23.1. The predicted octanol–water partition coefficient (Wildman–Crippen LogP) is 8.97. The van der Waals surface area contributed by atoms with E-state index in [2.05, 4.69) is 109 Å². The summed E-state index contributed by atoms with van der Waals surface area (Å²) < 4.78 is 0. The molecule has 0 aliphatic carbocycles. The van der Waals surface area contributed by atoms with Crippen molar-refractivity contribution in [2.45, 2.75) is 0 Å². The van der Waals surface area contributed by atoms with Gasteiger partial charge in [0.1, 0.15) is 0 Å². The van der Waals surface area contributed by atoms with Crippen LogP contribution in [-0.4, -0.2) is 0 Å². The lowest BCUT2D eigenvalue weighted by Gasteiger charge is -2.16. The Morgan fingerprint density at radius 1 is 0.316 bits per heavy atom. The second-order valence-electron chi connectivity index (χ2n) is 9.04. The van der Waals surface area contributed by atoms with Crippen molar-refractivity contribution in [2.75, 3.05) is 0 Å². The fourth-order valence-electron chi connectivity index (χ4n) is 4.76. The molecule has 0 atom stereocenters. The van der Waals surface area contributed by atoms with E-state index in [0.29, 0.717) is 0 Å². The highest BCUT2D eigenvalue weighted by atomic mass is 14.2. The van der Waals surface area contributed by atoms with Crippen LogP contribution in [0.1, 0.15) is 22.3 Å². The lowest BCUT2D eigenvalue weighted by atomic mass is 9.86. The van der Waals surface area contributed by atoms with E-state index >= 15 is 0 Å². The topological polar surface area (TPSA) is 0 Å². The molecule has 176 valence electrons. The van der Waals surface area contributed by atoms with E-state index in [-0.39, 0.29) is 0 Å². The van der Waals surface area contributed by atoms with Crippen molar-refractivity contribution >= 4 is 10.8 Å². The Bertz CT molecular complexity index is 1690. The summed E-state index contributed by atoms with van der Waals surface area (Å²) in [6.07, 6.45) is 0. The van der Waals surface area contributed by atoms with E-state index in [1.165, 1.54) is 10.8 Å². The molecule has 0 saturated carbocycles. The fourth-order valence-corrected chi connectivity index (χ4v) is 4.76. The van der Waals surface area contributed by atoms with Gasteiger partial charge in [-0.1, -0.05) is 133 Å². The van der Waals surface area contributed by atoms with Crippen molar-refractivity contribution in [2.24, 2.45) is 0 Å². The number of fused-ring (bicyclic) bond motifs is 1. The maximum absolute atomic E-state index is 3.49. The van der Waals surface area contributed by atoms with E-state index in [4.69, 9.17) is 0 Å². The summed E-state index contributed by atoms with van der Waals surface area (Å²) in [5.74, 6) is 13.7. The van der Waals surface area contributed by atoms with Gasteiger partial charge in [-0.3, -0.25) is 0 Å². The van der Waals surface area contributed by atoms with Gasteiger partial charge < -0.3 is 0 Å². The summed E-state index contributed by atoms with van der Waals surface area (Å²) in [4.78, 5) is 0. The molecule has 0 saturated heterocycles. The van der Waals surface area contributed by atoms with Gasteiger partial charge in [0.25, 0.3) is 0 Å². The minimum absolute atomic E-state index is 0.998. The molecule has 0 heterocycles. The van der Waals surface area contributed by atoms with E-state index < -0.39 is 0 Å². The molecule has 0 aliphatic rings. The average molecular weight is 481 g/mol. The van der Waals surface area contributed by atoms with Crippen molar-refractivity contribution in [1.29, 1.82) is 0 Å². The minimum atomic E-state index is 0.998. The molecular weight excluding hydrogens is 456 g/mol. The van der Waals surface area contributed by atoms with Gasteiger partial charge in [-0.15, -0.1) is 0 Å². The lowest BCUT2D eigenvalue weighted by Crippen LogP contribution is -1.94. The van der Waals surface area contributed by atoms with Crippen LogP contribution in [0, 0.1) is 23.7 Å². The fraction of sp³-hybridized carbons (Fsp3) is 0. The Hall–Kier alpha value is -5.30. The van der Waals surface area contributed by atoms with E-state index in [0.717, 1.165) is 44.5 Å². The highest BCUT2D eigenvalue weighted by Crippen LogP contribution is 2.40. The van der Waals surface area contributed by atoms with Crippen molar-refractivity contribution in [3.8, 4) is 45.9 Å². The molecule has 6 aromatic carbocycles. The maximum atomic E-state index is 3.49. The zero-order valence-electron chi connectivity index (χ0n) is 20.9. The lowest BCUT2D eigenvalue weighted by molar-refractivity contribution is 1.58. The SMILES string of the molecule is C(#Cc1ccc2ccc(C#Cc3ccccc3)c(-c3ccccc3)c2c1-c1ccccc1)c1ccccc1. The first-order chi connectivity index (χ1) is 18.9. The van der Waals surface area contributed by atoms with E-state index in [1.54, 1.807) is 0 Å². The summed E-state index contributed by atoms with van der Waals surface area (Å²) in [5, 5.41) is 2.33. The Balaban J connectivity index is 1.68. The van der Waals surface area contributed by atoms with Crippen LogP contribution in [0.4, 0.5) is 0 Å². The third kappa shape index (κ3) is 4.85. The Kier molecular flexibility index (Phi) is 6.55. The molecule has 0 spiro atoms. The van der Waals surface area contributed by atoms with Gasteiger partial charge in [0.05, 0.1) is 0 Å². The van der Waals surface area contributed by atoms with E-state index in [9.17, 15) is 0 Å². The molecule has 0 N–H and O–H groups in total. The van der Waals surface area contributed by atoms with Crippen LogP contribution < -0.4 is 0 Å². The predicted molar refractivity (Wildman–Crippen MR) is 160 cm³/mol. The molecule has 0 heteroatoms. The summed E-state index contributed by atoms with van der Waals surface area (Å²) in [6.45, 7) is 0. The van der Waals surface area contributed by atoms with Crippen molar-refractivity contribution < 1.29 is 0 Å². The minimum Gasteiger partial charge on any atom is -0.0622 e. The van der Waals surface area contributed by atoms with Crippen LogP contribution in [0.15, 0.2) is 146 Å². The van der Waals surface area contributed by atoms with Crippen molar-refractivity contribution in [3.05, 3.63) is 168 Å². The van der Waals surface area contributed by atoms with Crippen molar-refractivity contribution in [1.82, 2.24) is 0 Å². The van der Waals surface area contributed by atoms with Gasteiger partial charge in [0.2, 0.25) is 0 Å². The third-order valence-corrected chi connectivity index (χ3v) is 6.54. The monoisotopic (exact) mass is 480 g/mol. The van der Waals surface area contributed by atoms with Crippen LogP contribution in [-0.2, 0) is 0 Å². The number of benzene rings is 6. The molecule has 0 amide bonds. The zero-order chi connectivity index (χ0) is 25.6. The Labute approximate surface area is 224 Å². The zero-order valence-corrected chi connectivity index (χ0v) is 20.9. The molecule has 6 rings (SSSR count). The molecule has 6 aromatic rings. The average Bonchev–Trinajstić information content (AvgIpc) is 3.00. The van der Waals surface area contributed by atoms with Gasteiger partial charge in [0.15, 0.2) is 0 Å². The smallest absolute Gasteiger partial charge is 0.0334 e. The van der Waals surface area contributed by atoms with Gasteiger partial charge in [-0.2, -0.15) is 0 Å². The first-order valence-electron chi connectivity index (χ1n) is 12.7. The van der Waals surface area contributed by atoms with Crippen LogP contribution in [0.2, 0.25) is 0 Å². The number of hydrogen-bond acceptors (Lipinski definition) is 0. The molecule has 38 heavy (non-hydrogen) atoms. The standard InChI is InChI=1S/C38H24/c1-5-13-29(14-6-1)21-23-33-25-27-35-28-26-34(24-22-30-15-7-2-8-16-30)37(32-19-11-4-12-20-32)38(35)36(33)31-17-9-3-10-18-31/h1-20,25-28H. The van der Waals surface area contributed by atoms with Crippen LogP contribution in [0.5, 0.6) is 0 Å². The van der Waals surface area contributed by atoms with Crippen molar-refractivity contribution in [3.63, 3.8) is 0 Å².